The van der Waals surface area contributed by atoms with Crippen molar-refractivity contribution in [1.29, 1.82) is 0 Å². The molecule has 1 N–H and O–H groups in total. The molecule has 4 nitrogen and oxygen atoms in total. The average Bonchev–Trinajstić information content (AvgIpc) is 3.28. The second-order valence-corrected chi connectivity index (χ2v) is 8.71. The summed E-state index contributed by atoms with van der Waals surface area (Å²) in [7, 11) is 0. The molecule has 3 aromatic rings. The fourth-order valence-electron chi connectivity index (χ4n) is 3.60. The highest BCUT2D eigenvalue weighted by Gasteiger charge is 2.22. The number of hydrogen-bond acceptors (Lipinski definition) is 4. The largest absolute Gasteiger partial charge is 0.466 e. The maximum Gasteiger partial charge on any atom is 0.308 e. The molecule has 2 atom stereocenters. The van der Waals surface area contributed by atoms with Crippen molar-refractivity contribution in [2.75, 3.05) is 6.61 Å². The molecule has 0 aliphatic carbocycles. The maximum absolute atomic E-state index is 12.6. The van der Waals surface area contributed by atoms with Crippen molar-refractivity contribution in [2.24, 2.45) is 5.92 Å². The molecule has 0 spiro atoms. The monoisotopic (exact) mass is 435 g/mol. The van der Waals surface area contributed by atoms with Crippen LogP contribution in [0.1, 0.15) is 30.7 Å². The van der Waals surface area contributed by atoms with E-state index in [0.717, 1.165) is 16.0 Å². The first kappa shape index (κ1) is 22.8. The molecule has 0 unspecified atom stereocenters. The third kappa shape index (κ3) is 7.07. The van der Waals surface area contributed by atoms with E-state index in [2.05, 4.69) is 41.7 Å². The van der Waals surface area contributed by atoms with Gasteiger partial charge in [0, 0.05) is 10.9 Å². The lowest BCUT2D eigenvalue weighted by Gasteiger charge is -2.22. The quantitative estimate of drug-likeness (QED) is 0.441. The fourth-order valence-corrected chi connectivity index (χ4v) is 4.30. The molecule has 3 rings (SSSR count). The van der Waals surface area contributed by atoms with Crippen LogP contribution in [0, 0.1) is 5.92 Å². The summed E-state index contributed by atoms with van der Waals surface area (Å²) in [5.74, 6) is -0.528. The van der Waals surface area contributed by atoms with Crippen molar-refractivity contribution < 1.29 is 14.3 Å². The highest BCUT2D eigenvalue weighted by Crippen LogP contribution is 2.21. The fraction of sp³-hybridized carbons (Fsp3) is 0.308. The van der Waals surface area contributed by atoms with Crippen LogP contribution in [0.25, 0.3) is 11.1 Å². The molecular weight excluding hydrogens is 406 g/mol. The summed E-state index contributed by atoms with van der Waals surface area (Å²) in [4.78, 5) is 25.8. The molecular formula is C26H29NO3S. The van der Waals surface area contributed by atoms with Crippen LogP contribution in [0.2, 0.25) is 0 Å². The molecule has 1 heterocycles. The van der Waals surface area contributed by atoms with Gasteiger partial charge in [0.15, 0.2) is 0 Å². The number of carbonyl (C=O) groups is 2. The SMILES string of the molecule is CCOC(=O)[C@H](C)C[C@@H](Cc1ccc(-c2ccccc2)cc1)NC(=O)Cc1cccs1. The Bertz CT molecular complexity index is 952. The van der Waals surface area contributed by atoms with E-state index < -0.39 is 0 Å². The van der Waals surface area contributed by atoms with E-state index in [1.54, 1.807) is 18.3 Å². The molecule has 0 radical (unpaired) electrons. The average molecular weight is 436 g/mol. The van der Waals surface area contributed by atoms with Gasteiger partial charge < -0.3 is 10.1 Å². The van der Waals surface area contributed by atoms with Gasteiger partial charge in [-0.15, -0.1) is 11.3 Å². The Balaban J connectivity index is 1.68. The molecule has 2 aromatic carbocycles. The summed E-state index contributed by atoms with van der Waals surface area (Å²) < 4.78 is 5.16. The van der Waals surface area contributed by atoms with E-state index in [1.165, 1.54) is 5.56 Å². The standard InChI is InChI=1S/C26H29NO3S/c1-3-30-26(29)19(2)16-23(27-25(28)18-24-10-7-15-31-24)17-20-11-13-22(14-12-20)21-8-5-4-6-9-21/h4-15,19,23H,3,16-18H2,1-2H3,(H,27,28)/t19-,23+/m1/s1. The molecule has 0 aliphatic heterocycles. The van der Waals surface area contributed by atoms with Crippen molar-refractivity contribution in [3.05, 3.63) is 82.6 Å². The Hall–Kier alpha value is -2.92. The zero-order valence-electron chi connectivity index (χ0n) is 18.0. The van der Waals surface area contributed by atoms with E-state index in [9.17, 15) is 9.59 Å². The van der Waals surface area contributed by atoms with Gasteiger partial charge in [0.25, 0.3) is 0 Å². The van der Waals surface area contributed by atoms with Gasteiger partial charge in [-0.2, -0.15) is 0 Å². The molecule has 0 aliphatic rings. The van der Waals surface area contributed by atoms with Gasteiger partial charge in [0.2, 0.25) is 5.91 Å². The summed E-state index contributed by atoms with van der Waals surface area (Å²) in [6.45, 7) is 4.02. The van der Waals surface area contributed by atoms with Crippen molar-refractivity contribution >= 4 is 23.2 Å². The van der Waals surface area contributed by atoms with E-state index in [-0.39, 0.29) is 23.8 Å². The Morgan fingerprint density at radius 1 is 0.968 bits per heavy atom. The Morgan fingerprint density at radius 2 is 1.68 bits per heavy atom. The van der Waals surface area contributed by atoms with Crippen molar-refractivity contribution in [3.8, 4) is 11.1 Å². The molecule has 1 aromatic heterocycles. The Kier molecular flexibility index (Phi) is 8.42. The molecule has 0 saturated carbocycles. The predicted octanol–water partition coefficient (Wildman–Crippen LogP) is 5.27. The van der Waals surface area contributed by atoms with E-state index in [1.807, 2.05) is 42.6 Å². The number of hydrogen-bond donors (Lipinski definition) is 1. The molecule has 0 bridgehead atoms. The Labute approximate surface area is 188 Å². The number of amides is 1. The van der Waals surface area contributed by atoms with Crippen LogP contribution in [-0.4, -0.2) is 24.5 Å². The lowest BCUT2D eigenvalue weighted by atomic mass is 9.94. The lowest BCUT2D eigenvalue weighted by Crippen LogP contribution is -2.39. The highest BCUT2D eigenvalue weighted by molar-refractivity contribution is 7.10. The number of nitrogens with one attached hydrogen (secondary N) is 1. The number of thiophene rings is 1. The second kappa shape index (κ2) is 11.5. The van der Waals surface area contributed by atoms with Gasteiger partial charge in [-0.3, -0.25) is 9.59 Å². The molecule has 0 fully saturated rings. The van der Waals surface area contributed by atoms with Gasteiger partial charge in [-0.25, -0.2) is 0 Å². The third-order valence-corrected chi connectivity index (χ3v) is 6.03. The Morgan fingerprint density at radius 3 is 2.32 bits per heavy atom. The number of esters is 1. The summed E-state index contributed by atoms with van der Waals surface area (Å²) in [5, 5.41) is 5.11. The maximum atomic E-state index is 12.6. The number of rotatable bonds is 10. The van der Waals surface area contributed by atoms with Crippen molar-refractivity contribution in [1.82, 2.24) is 5.32 Å². The lowest BCUT2D eigenvalue weighted by molar-refractivity contribution is -0.148. The number of benzene rings is 2. The second-order valence-electron chi connectivity index (χ2n) is 7.68. The first-order valence-corrected chi connectivity index (χ1v) is 11.6. The van der Waals surface area contributed by atoms with Crippen LogP contribution in [-0.2, 0) is 27.2 Å². The summed E-state index contributed by atoms with van der Waals surface area (Å²) in [6.07, 6.45) is 1.55. The van der Waals surface area contributed by atoms with Crippen LogP contribution in [0.4, 0.5) is 0 Å². The van der Waals surface area contributed by atoms with Crippen molar-refractivity contribution in [2.45, 2.75) is 39.2 Å². The molecule has 31 heavy (non-hydrogen) atoms. The molecule has 162 valence electrons. The first-order chi connectivity index (χ1) is 15.0. The summed E-state index contributed by atoms with van der Waals surface area (Å²) in [6, 6.07) is 22.4. The van der Waals surface area contributed by atoms with Crippen LogP contribution >= 0.6 is 11.3 Å². The minimum absolute atomic E-state index is 0.0237. The minimum atomic E-state index is -0.282. The summed E-state index contributed by atoms with van der Waals surface area (Å²) in [5.41, 5.74) is 3.45. The predicted molar refractivity (Wildman–Crippen MR) is 126 cm³/mol. The minimum Gasteiger partial charge on any atom is -0.466 e. The van der Waals surface area contributed by atoms with Gasteiger partial charge in [0.05, 0.1) is 18.9 Å². The van der Waals surface area contributed by atoms with E-state index in [4.69, 9.17) is 4.74 Å². The van der Waals surface area contributed by atoms with Gasteiger partial charge >= 0.3 is 5.97 Å². The number of ether oxygens (including phenoxy) is 1. The zero-order valence-corrected chi connectivity index (χ0v) is 18.9. The topological polar surface area (TPSA) is 55.4 Å². The first-order valence-electron chi connectivity index (χ1n) is 10.7. The van der Waals surface area contributed by atoms with Crippen LogP contribution in [0.3, 0.4) is 0 Å². The van der Waals surface area contributed by atoms with Crippen molar-refractivity contribution in [3.63, 3.8) is 0 Å². The van der Waals surface area contributed by atoms with Gasteiger partial charge in [0.1, 0.15) is 0 Å². The molecule has 0 saturated heterocycles. The van der Waals surface area contributed by atoms with Gasteiger partial charge in [-0.1, -0.05) is 67.6 Å². The highest BCUT2D eigenvalue weighted by atomic mass is 32.1. The number of carbonyl (C=O) groups excluding carboxylic acids is 2. The molecule has 5 heteroatoms. The van der Waals surface area contributed by atoms with Crippen LogP contribution < -0.4 is 5.32 Å². The normalized spacial score (nSPS) is 12.7. The third-order valence-electron chi connectivity index (χ3n) is 5.15. The van der Waals surface area contributed by atoms with Crippen LogP contribution in [0.5, 0.6) is 0 Å². The smallest absolute Gasteiger partial charge is 0.308 e. The van der Waals surface area contributed by atoms with Gasteiger partial charge in [-0.05, 0) is 47.9 Å². The zero-order chi connectivity index (χ0) is 22.1. The van der Waals surface area contributed by atoms with E-state index >= 15 is 0 Å². The van der Waals surface area contributed by atoms with E-state index in [0.29, 0.717) is 25.9 Å². The summed E-state index contributed by atoms with van der Waals surface area (Å²) >= 11 is 1.57. The molecule has 1 amide bonds. The van der Waals surface area contributed by atoms with Crippen LogP contribution in [0.15, 0.2) is 72.1 Å².